The monoisotopic (exact) mass is 516 g/mol. The van der Waals surface area contributed by atoms with E-state index in [1.807, 2.05) is 72.8 Å². The van der Waals surface area contributed by atoms with Crippen molar-refractivity contribution < 1.29 is 21.9 Å². The van der Waals surface area contributed by atoms with Gasteiger partial charge in [-0.3, -0.25) is 4.98 Å². The van der Waals surface area contributed by atoms with Crippen LogP contribution in [-0.2, 0) is 17.1 Å². The van der Waals surface area contributed by atoms with Gasteiger partial charge < -0.3 is 51.4 Å². The number of Topliss-reactive ketones (excluding diaryl/α,β-unsaturated/α-hetero) is 1. The predicted octanol–water partition coefficient (Wildman–Crippen LogP) is 7.07. The fourth-order valence-corrected chi connectivity index (χ4v) is 3.45. The fourth-order valence-electron chi connectivity index (χ4n) is 3.06. The molecule has 0 aliphatic rings. The number of nitrogens with zero attached hydrogens (tertiary/aromatic N) is 2. The average Bonchev–Trinajstić information content (AvgIpc) is 3.52. The SMILES string of the molecule is O=C(CCCCCBr)[c-]1cccc1.[Fe].c1ccc(-c2cccc(-[c-]3[cH-][cH-][cH-][cH-]3)n2)nc1. The van der Waals surface area contributed by atoms with Gasteiger partial charge in [-0.15, -0.1) is 0 Å². The largest absolute Gasteiger partial charge is 0.664 e. The molecule has 0 radical (unpaired) electrons. The molecule has 0 aliphatic carbocycles. The van der Waals surface area contributed by atoms with Crippen molar-refractivity contribution in [3.05, 3.63) is 96.7 Å². The van der Waals surface area contributed by atoms with Crippen LogP contribution in [0.25, 0.3) is 22.6 Å². The van der Waals surface area contributed by atoms with Crippen molar-refractivity contribution in [3.8, 4) is 22.6 Å². The minimum atomic E-state index is 0. The average molecular weight is 517 g/mol. The van der Waals surface area contributed by atoms with Crippen LogP contribution in [0.5, 0.6) is 0 Å². The van der Waals surface area contributed by atoms with Gasteiger partial charge in [-0.1, -0.05) is 40.0 Å². The second-order valence-corrected chi connectivity index (χ2v) is 7.69. The number of hydrogen-bond acceptors (Lipinski definition) is 3. The van der Waals surface area contributed by atoms with Gasteiger partial charge in [-0.25, -0.2) is 18.2 Å². The number of carbonyl (C=O) groups is 1. The number of rotatable bonds is 8. The molecular formula is C26H25BrFeN2O-6. The molecule has 4 aromatic rings. The van der Waals surface area contributed by atoms with Gasteiger partial charge in [0.05, 0.1) is 11.4 Å². The normalized spacial score (nSPS) is 9.97. The number of pyridine rings is 2. The molecule has 2 aromatic carbocycles. The van der Waals surface area contributed by atoms with E-state index in [1.54, 1.807) is 6.20 Å². The fraction of sp³-hybridized carbons (Fsp3) is 0.192. The molecule has 0 fully saturated rings. The van der Waals surface area contributed by atoms with Crippen LogP contribution < -0.4 is 0 Å². The molecular weight excluding hydrogens is 492 g/mol. The first-order valence-corrected chi connectivity index (χ1v) is 11.3. The Hall–Kier alpha value is -2.33. The standard InChI is InChI=1S/C15H11N2.C11H14BrO.Fe/c1-2-7-12(6-1)13-9-5-10-15(17-13)14-8-3-4-11-16-14;12-9-5-1-2-8-11(13)10-6-3-4-7-10;/h1-11H;3-4,6-7H,1-2,5,8-9H2;/q-5;-1;. The van der Waals surface area contributed by atoms with E-state index in [0.717, 1.165) is 52.8 Å². The van der Waals surface area contributed by atoms with Crippen LogP contribution in [0.2, 0.25) is 0 Å². The van der Waals surface area contributed by atoms with Gasteiger partial charge in [0.15, 0.2) is 0 Å². The third-order valence-electron chi connectivity index (χ3n) is 4.66. The minimum absolute atomic E-state index is 0. The van der Waals surface area contributed by atoms with E-state index in [4.69, 9.17) is 0 Å². The van der Waals surface area contributed by atoms with Crippen molar-refractivity contribution in [2.24, 2.45) is 0 Å². The smallest absolute Gasteiger partial charge is 0.108 e. The van der Waals surface area contributed by atoms with E-state index in [2.05, 4.69) is 38.0 Å². The zero-order chi connectivity index (χ0) is 21.0. The number of hydrogen-bond donors (Lipinski definition) is 0. The number of aromatic nitrogens is 2. The van der Waals surface area contributed by atoms with Gasteiger partial charge >= 0.3 is 0 Å². The third-order valence-corrected chi connectivity index (χ3v) is 5.22. The summed E-state index contributed by atoms with van der Waals surface area (Å²) in [5, 5.41) is 1.04. The van der Waals surface area contributed by atoms with Gasteiger partial charge in [0, 0.05) is 28.6 Å². The first-order valence-electron chi connectivity index (χ1n) is 10.2. The number of alkyl halides is 1. The summed E-state index contributed by atoms with van der Waals surface area (Å²) in [7, 11) is 0. The first-order chi connectivity index (χ1) is 14.8. The van der Waals surface area contributed by atoms with Gasteiger partial charge in [-0.05, 0) is 31.4 Å². The Morgan fingerprint density at radius 2 is 1.65 bits per heavy atom. The summed E-state index contributed by atoms with van der Waals surface area (Å²) in [5.41, 5.74) is 4.80. The molecule has 2 heterocycles. The van der Waals surface area contributed by atoms with Crippen LogP contribution in [0, 0.1) is 0 Å². The molecule has 0 atom stereocenters. The Bertz CT molecular complexity index is 999. The summed E-state index contributed by atoms with van der Waals surface area (Å²) in [5.74, 6) is 0.277. The maximum atomic E-state index is 11.5. The summed E-state index contributed by atoms with van der Waals surface area (Å²) in [4.78, 5) is 20.4. The van der Waals surface area contributed by atoms with Crippen molar-refractivity contribution in [3.63, 3.8) is 0 Å². The molecule has 4 rings (SSSR count). The molecule has 3 nitrogen and oxygen atoms in total. The maximum Gasteiger partial charge on any atom is 0.108 e. The molecule has 2 aromatic heterocycles. The van der Waals surface area contributed by atoms with Crippen LogP contribution in [0.15, 0.2) is 91.1 Å². The molecule has 0 saturated heterocycles. The molecule has 31 heavy (non-hydrogen) atoms. The van der Waals surface area contributed by atoms with Crippen molar-refractivity contribution in [2.45, 2.75) is 25.7 Å². The van der Waals surface area contributed by atoms with Gasteiger partial charge in [0.25, 0.3) is 0 Å². The molecule has 0 spiro atoms. The van der Waals surface area contributed by atoms with Gasteiger partial charge in [-0.2, -0.15) is 12.1 Å². The summed E-state index contributed by atoms with van der Waals surface area (Å²) < 4.78 is 0. The Balaban J connectivity index is 0.000000222. The second-order valence-electron chi connectivity index (χ2n) is 6.89. The van der Waals surface area contributed by atoms with Crippen LogP contribution in [-0.4, -0.2) is 21.1 Å². The third kappa shape index (κ3) is 8.02. The molecule has 0 N–H and O–H groups in total. The Morgan fingerprint density at radius 1 is 0.903 bits per heavy atom. The number of ketones is 1. The summed E-state index contributed by atoms with van der Waals surface area (Å²) in [6.07, 6.45) is 5.78. The van der Waals surface area contributed by atoms with E-state index >= 15 is 0 Å². The predicted molar refractivity (Wildman–Crippen MR) is 127 cm³/mol. The van der Waals surface area contributed by atoms with Crippen molar-refractivity contribution in [1.29, 1.82) is 0 Å². The number of halogens is 1. The van der Waals surface area contributed by atoms with Crippen molar-refractivity contribution in [2.75, 3.05) is 5.33 Å². The molecule has 0 saturated carbocycles. The zero-order valence-electron chi connectivity index (χ0n) is 17.2. The second kappa shape index (κ2) is 13.9. The van der Waals surface area contributed by atoms with E-state index in [-0.39, 0.29) is 22.9 Å². The Kier molecular flexibility index (Phi) is 11.2. The van der Waals surface area contributed by atoms with E-state index in [9.17, 15) is 4.79 Å². The first kappa shape index (κ1) is 24.9. The van der Waals surface area contributed by atoms with Gasteiger partial charge in [0.2, 0.25) is 0 Å². The molecule has 0 aliphatic heterocycles. The quantitative estimate of drug-likeness (QED) is 0.0826. The summed E-state index contributed by atoms with van der Waals surface area (Å²) in [6.45, 7) is 0. The topological polar surface area (TPSA) is 42.9 Å². The van der Waals surface area contributed by atoms with E-state index < -0.39 is 0 Å². The number of unbranched alkanes of at least 4 members (excludes halogenated alkanes) is 2. The number of carbonyl (C=O) groups excluding carboxylic acids is 1. The van der Waals surface area contributed by atoms with Crippen LogP contribution in [0.3, 0.4) is 0 Å². The van der Waals surface area contributed by atoms with E-state index in [0.29, 0.717) is 6.42 Å². The summed E-state index contributed by atoms with van der Waals surface area (Å²) in [6, 6.07) is 27.6. The van der Waals surface area contributed by atoms with E-state index in [1.165, 1.54) is 0 Å². The van der Waals surface area contributed by atoms with Crippen LogP contribution in [0.1, 0.15) is 36.0 Å². The molecule has 0 amide bonds. The zero-order valence-corrected chi connectivity index (χ0v) is 19.9. The van der Waals surface area contributed by atoms with Crippen LogP contribution in [0.4, 0.5) is 0 Å². The minimum Gasteiger partial charge on any atom is -0.664 e. The molecule has 0 bridgehead atoms. The Morgan fingerprint density at radius 3 is 2.32 bits per heavy atom. The van der Waals surface area contributed by atoms with Crippen molar-refractivity contribution >= 4 is 21.7 Å². The van der Waals surface area contributed by atoms with Gasteiger partial charge in [0.1, 0.15) is 5.78 Å². The summed E-state index contributed by atoms with van der Waals surface area (Å²) >= 11 is 3.37. The van der Waals surface area contributed by atoms with Crippen molar-refractivity contribution in [1.82, 2.24) is 9.97 Å². The molecule has 166 valence electrons. The maximum absolute atomic E-state index is 11.5. The molecule has 0 unspecified atom stereocenters. The van der Waals surface area contributed by atoms with Crippen LogP contribution >= 0.6 is 15.9 Å². The Labute approximate surface area is 203 Å². The molecule has 5 heteroatoms.